The van der Waals surface area contributed by atoms with Gasteiger partial charge < -0.3 is 5.32 Å². The van der Waals surface area contributed by atoms with E-state index in [1.807, 2.05) is 32.9 Å². The zero-order chi connectivity index (χ0) is 20.5. The largest absolute Gasteiger partial charge is 0.416 e. The lowest BCUT2D eigenvalue weighted by atomic mass is 10.1. The van der Waals surface area contributed by atoms with Crippen molar-refractivity contribution >= 4 is 11.6 Å². The van der Waals surface area contributed by atoms with Gasteiger partial charge >= 0.3 is 12.0 Å². The van der Waals surface area contributed by atoms with Crippen LogP contribution < -0.4 is 10.1 Å². The number of aryl methyl sites for hydroxylation is 3. The summed E-state index contributed by atoms with van der Waals surface area (Å²) in [6.45, 7) is 5.63. The number of alkyl halides is 3. The van der Waals surface area contributed by atoms with Crippen molar-refractivity contribution in [1.82, 2.24) is 15.4 Å². The van der Waals surface area contributed by atoms with Crippen LogP contribution in [-0.2, 0) is 17.5 Å². The number of H-pyrrole nitrogens is 1. The molecule has 0 unspecified atom stereocenters. The quantitative estimate of drug-likeness (QED) is 0.671. The molecule has 6 nitrogen and oxygen atoms in total. The number of tetrazole rings is 1. The zero-order valence-corrected chi connectivity index (χ0v) is 15.6. The molecule has 3 aromatic rings. The Kier molecular flexibility index (Phi) is 5.17. The van der Waals surface area contributed by atoms with Gasteiger partial charge in [0.2, 0.25) is 6.54 Å². The number of amides is 1. The molecule has 0 saturated heterocycles. The van der Waals surface area contributed by atoms with Crippen LogP contribution >= 0.6 is 0 Å². The van der Waals surface area contributed by atoms with Gasteiger partial charge in [-0.25, -0.2) is 0 Å². The highest BCUT2D eigenvalue weighted by Gasteiger charge is 2.31. The summed E-state index contributed by atoms with van der Waals surface area (Å²) in [5, 5.41) is 13.3. The molecule has 0 bridgehead atoms. The predicted octanol–water partition coefficient (Wildman–Crippen LogP) is 3.34. The lowest BCUT2D eigenvalue weighted by Gasteiger charge is -2.11. The average Bonchev–Trinajstić information content (AvgIpc) is 3.06. The summed E-state index contributed by atoms with van der Waals surface area (Å²) in [7, 11) is 0. The lowest BCUT2D eigenvalue weighted by molar-refractivity contribution is -0.793. The van der Waals surface area contributed by atoms with Gasteiger partial charge in [-0.15, -0.1) is 0 Å². The van der Waals surface area contributed by atoms with Gasteiger partial charge in [-0.05, 0) is 60.4 Å². The molecule has 146 valence electrons. The van der Waals surface area contributed by atoms with Crippen molar-refractivity contribution in [3.63, 3.8) is 0 Å². The van der Waals surface area contributed by atoms with Crippen LogP contribution in [0.3, 0.4) is 0 Å². The molecule has 1 amide bonds. The molecular weight excluding hydrogens is 371 g/mol. The van der Waals surface area contributed by atoms with Gasteiger partial charge in [0.1, 0.15) is 0 Å². The van der Waals surface area contributed by atoms with E-state index in [4.69, 9.17) is 0 Å². The molecule has 0 saturated carbocycles. The van der Waals surface area contributed by atoms with Crippen molar-refractivity contribution in [2.75, 3.05) is 5.32 Å². The van der Waals surface area contributed by atoms with Gasteiger partial charge in [0.15, 0.2) is 0 Å². The molecule has 0 aliphatic rings. The van der Waals surface area contributed by atoms with Crippen molar-refractivity contribution in [2.24, 2.45) is 0 Å². The van der Waals surface area contributed by atoms with E-state index in [0.717, 1.165) is 34.5 Å². The Morgan fingerprint density at radius 3 is 2.46 bits per heavy atom. The summed E-state index contributed by atoms with van der Waals surface area (Å²) in [6.07, 6.45) is -4.45. The Bertz CT molecular complexity index is 1000. The molecule has 28 heavy (non-hydrogen) atoms. The number of hydrogen-bond donors (Lipinski definition) is 2. The highest BCUT2D eigenvalue weighted by atomic mass is 19.4. The van der Waals surface area contributed by atoms with E-state index in [2.05, 4.69) is 20.7 Å². The molecule has 0 spiro atoms. The van der Waals surface area contributed by atoms with Crippen molar-refractivity contribution in [2.45, 2.75) is 33.5 Å². The van der Waals surface area contributed by atoms with Crippen molar-refractivity contribution in [3.05, 3.63) is 58.7 Å². The van der Waals surface area contributed by atoms with E-state index >= 15 is 0 Å². The minimum atomic E-state index is -4.45. The van der Waals surface area contributed by atoms with Gasteiger partial charge in [-0.3, -0.25) is 4.79 Å². The van der Waals surface area contributed by atoms with Crippen LogP contribution in [-0.4, -0.2) is 21.3 Å². The predicted molar refractivity (Wildman–Crippen MR) is 96.3 cm³/mol. The summed E-state index contributed by atoms with van der Waals surface area (Å²) in [5.41, 5.74) is 3.13. The minimum absolute atomic E-state index is 0.0709. The second kappa shape index (κ2) is 7.41. The molecular formula is C19H19F3N5O+. The Morgan fingerprint density at radius 2 is 1.82 bits per heavy atom. The Hall–Kier alpha value is -3.23. The number of carbonyl (C=O) groups excluding carboxylic acids is 1. The zero-order valence-electron chi connectivity index (χ0n) is 15.6. The van der Waals surface area contributed by atoms with E-state index < -0.39 is 11.7 Å². The maximum Gasteiger partial charge on any atom is 0.416 e. The number of nitrogens with zero attached hydrogens (tertiary/aromatic N) is 3. The molecule has 2 N–H and O–H groups in total. The normalized spacial score (nSPS) is 11.5. The number of nitrogens with one attached hydrogen (secondary N) is 2. The number of rotatable bonds is 4. The summed E-state index contributed by atoms with van der Waals surface area (Å²) in [5.74, 6) is -0.256. The molecule has 0 aliphatic carbocycles. The van der Waals surface area contributed by atoms with Crippen molar-refractivity contribution < 1.29 is 22.8 Å². The fraction of sp³-hybridized carbons (Fsp3) is 0.263. The number of aromatic amines is 1. The van der Waals surface area contributed by atoms with Gasteiger partial charge in [0, 0.05) is 5.69 Å². The molecule has 1 heterocycles. The number of hydrogen-bond acceptors (Lipinski definition) is 3. The first kappa shape index (κ1) is 19.5. The molecule has 0 fully saturated rings. The summed E-state index contributed by atoms with van der Waals surface area (Å²) in [6, 6.07) is 8.64. The molecule has 1 aromatic heterocycles. The molecule has 0 atom stereocenters. The van der Waals surface area contributed by atoms with E-state index in [-0.39, 0.29) is 23.8 Å². The molecule has 3 rings (SSSR count). The maximum atomic E-state index is 12.9. The van der Waals surface area contributed by atoms with Crippen LogP contribution in [0.1, 0.15) is 22.3 Å². The van der Waals surface area contributed by atoms with Crippen LogP contribution in [0.25, 0.3) is 11.4 Å². The van der Waals surface area contributed by atoms with E-state index in [1.54, 1.807) is 0 Å². The van der Waals surface area contributed by atoms with E-state index in [0.29, 0.717) is 0 Å². The minimum Gasteiger partial charge on any atom is -0.322 e. The van der Waals surface area contributed by atoms with Crippen LogP contribution in [0.15, 0.2) is 36.4 Å². The second-order valence-corrected chi connectivity index (χ2v) is 6.59. The first-order valence-electron chi connectivity index (χ1n) is 8.51. The van der Waals surface area contributed by atoms with Crippen molar-refractivity contribution in [1.29, 1.82) is 0 Å². The summed E-state index contributed by atoms with van der Waals surface area (Å²) >= 11 is 0. The standard InChI is InChI=1S/C19H18F3N5O/c1-11-7-12(2)17(13(3)8-11)23-16(28)10-27-25-18(24-26-27)14-5-4-6-15(9-14)19(20,21)22/h4-9H,10H2,1-3H3,(H,23,28)/p+1. The third kappa shape index (κ3) is 4.36. The van der Waals surface area contributed by atoms with Gasteiger partial charge in [-0.2, -0.15) is 13.2 Å². The number of benzene rings is 2. The van der Waals surface area contributed by atoms with Crippen LogP contribution in [0.5, 0.6) is 0 Å². The number of anilines is 1. The highest BCUT2D eigenvalue weighted by molar-refractivity contribution is 5.91. The summed E-state index contributed by atoms with van der Waals surface area (Å²) in [4.78, 5) is 13.5. The van der Waals surface area contributed by atoms with E-state index in [9.17, 15) is 18.0 Å². The Morgan fingerprint density at radius 1 is 1.14 bits per heavy atom. The van der Waals surface area contributed by atoms with Crippen molar-refractivity contribution in [3.8, 4) is 11.4 Å². The average molecular weight is 390 g/mol. The highest BCUT2D eigenvalue weighted by Crippen LogP contribution is 2.31. The number of halogens is 3. The van der Waals surface area contributed by atoms with E-state index in [1.165, 1.54) is 16.9 Å². The molecule has 2 aromatic carbocycles. The first-order chi connectivity index (χ1) is 13.1. The molecule has 9 heteroatoms. The molecule has 0 radical (unpaired) electrons. The molecule has 0 aliphatic heterocycles. The fourth-order valence-corrected chi connectivity index (χ4v) is 2.98. The topological polar surface area (TPSA) is 74.6 Å². The lowest BCUT2D eigenvalue weighted by Crippen LogP contribution is -2.44. The number of carbonyl (C=O) groups is 1. The number of aromatic nitrogens is 4. The summed E-state index contributed by atoms with van der Waals surface area (Å²) < 4.78 is 38.6. The second-order valence-electron chi connectivity index (χ2n) is 6.59. The Balaban J connectivity index is 1.74. The third-order valence-corrected chi connectivity index (χ3v) is 4.17. The third-order valence-electron chi connectivity index (χ3n) is 4.17. The fourth-order valence-electron chi connectivity index (χ4n) is 2.98. The van der Waals surface area contributed by atoms with Gasteiger partial charge in [0.05, 0.1) is 16.2 Å². The van der Waals surface area contributed by atoms with Crippen LogP contribution in [0.2, 0.25) is 0 Å². The Labute approximate surface area is 159 Å². The van der Waals surface area contributed by atoms with Gasteiger partial charge in [-0.1, -0.05) is 28.6 Å². The van der Waals surface area contributed by atoms with Crippen LogP contribution in [0, 0.1) is 20.8 Å². The van der Waals surface area contributed by atoms with Crippen LogP contribution in [0.4, 0.5) is 18.9 Å². The first-order valence-corrected chi connectivity index (χ1v) is 8.51. The smallest absolute Gasteiger partial charge is 0.322 e. The monoisotopic (exact) mass is 390 g/mol. The van der Waals surface area contributed by atoms with Gasteiger partial charge in [0.25, 0.3) is 5.91 Å². The SMILES string of the molecule is Cc1cc(C)c(NC(=O)C[n+]2nc(-c3cccc(C(F)(F)F)c3)n[nH]2)c(C)c1. The maximum absolute atomic E-state index is 12.9.